The molecule has 0 unspecified atom stereocenters. The van der Waals surface area contributed by atoms with Crippen molar-refractivity contribution < 1.29 is 27.9 Å². The topological polar surface area (TPSA) is 83.1 Å². The molecule has 0 aliphatic carbocycles. The Morgan fingerprint density at radius 1 is 1.41 bits per heavy atom. The summed E-state index contributed by atoms with van der Waals surface area (Å²) < 4.78 is 34.3. The number of hydrogen-bond donors (Lipinski definition) is 2. The number of cyclic esters (lactones) is 1. The van der Waals surface area contributed by atoms with Crippen LogP contribution in [-0.4, -0.2) is 57.9 Å². The lowest BCUT2D eigenvalue weighted by atomic mass is 10.2. The molecule has 2 N–H and O–H groups in total. The second-order valence-corrected chi connectivity index (χ2v) is 5.94. The maximum atomic E-state index is 14.6. The lowest BCUT2D eigenvalue weighted by Crippen LogP contribution is -2.33. The van der Waals surface area contributed by atoms with Crippen molar-refractivity contribution in [1.82, 2.24) is 10.8 Å². The monoisotopic (exact) mass is 386 g/mol. The third-order valence-electron chi connectivity index (χ3n) is 4.07. The van der Waals surface area contributed by atoms with Crippen LogP contribution in [0, 0.1) is 11.6 Å². The molecule has 2 rings (SSSR count). The van der Waals surface area contributed by atoms with Crippen LogP contribution in [0.4, 0.5) is 25.0 Å². The number of carbonyl (C=O) groups is 2. The van der Waals surface area contributed by atoms with Crippen LogP contribution in [0.25, 0.3) is 0 Å². The van der Waals surface area contributed by atoms with Gasteiger partial charge in [-0.1, -0.05) is 0 Å². The molecule has 0 spiro atoms. The zero-order chi connectivity index (χ0) is 20.0. The summed E-state index contributed by atoms with van der Waals surface area (Å²) in [5.41, 5.74) is 2.39. The number of hydroxylamine groups is 1. The molecule has 0 saturated carbocycles. The fourth-order valence-electron chi connectivity index (χ4n) is 2.79. The van der Waals surface area contributed by atoms with Gasteiger partial charge in [0.05, 0.1) is 25.4 Å². The minimum absolute atomic E-state index is 0.0617. The summed E-state index contributed by atoms with van der Waals surface area (Å²) in [4.78, 5) is 30.6. The molecule has 0 radical (unpaired) electrons. The van der Waals surface area contributed by atoms with Crippen LogP contribution >= 0.6 is 0 Å². The van der Waals surface area contributed by atoms with Gasteiger partial charge in [-0.15, -0.1) is 0 Å². The molecule has 10 heteroatoms. The Bertz CT molecular complexity index is 666. The molecule has 0 aromatic heterocycles. The Kier molecular flexibility index (Phi) is 7.31. The zero-order valence-corrected chi connectivity index (χ0v) is 15.6. The Morgan fingerprint density at radius 2 is 2.07 bits per heavy atom. The summed E-state index contributed by atoms with van der Waals surface area (Å²) in [6.07, 6.45) is -1.30. The standard InChI is InChI=1S/C17H24F2N4O4/c1-4-22(5-6-26-20-3)16-14(18)7-12(8-15(16)19)23-10-13(27-17(23)25)9-21-11(2)24/h7-8,13,20H,4-6,9-10H2,1-3H3,(H,21,24)/t13-/m0/s1. The van der Waals surface area contributed by atoms with Gasteiger partial charge in [-0.3, -0.25) is 9.69 Å². The molecule has 1 fully saturated rings. The van der Waals surface area contributed by atoms with E-state index in [-0.39, 0.29) is 43.5 Å². The summed E-state index contributed by atoms with van der Waals surface area (Å²) in [7, 11) is 1.60. The van der Waals surface area contributed by atoms with Crippen LogP contribution in [0.5, 0.6) is 0 Å². The Balaban J connectivity index is 2.15. The van der Waals surface area contributed by atoms with Crippen molar-refractivity contribution in [2.45, 2.75) is 20.0 Å². The van der Waals surface area contributed by atoms with Gasteiger partial charge in [0.2, 0.25) is 5.91 Å². The third kappa shape index (κ3) is 5.27. The molecule has 27 heavy (non-hydrogen) atoms. The average Bonchev–Trinajstić information content (AvgIpc) is 2.98. The zero-order valence-electron chi connectivity index (χ0n) is 15.6. The highest BCUT2D eigenvalue weighted by molar-refractivity contribution is 5.90. The van der Waals surface area contributed by atoms with E-state index in [4.69, 9.17) is 9.57 Å². The molecule has 1 saturated heterocycles. The molecule has 1 heterocycles. The van der Waals surface area contributed by atoms with Gasteiger partial charge in [0.1, 0.15) is 11.8 Å². The first-order valence-corrected chi connectivity index (χ1v) is 8.62. The van der Waals surface area contributed by atoms with Crippen molar-refractivity contribution in [3.05, 3.63) is 23.8 Å². The molecule has 1 aromatic rings. The summed E-state index contributed by atoms with van der Waals surface area (Å²) in [6.45, 7) is 4.25. The Hall–Kier alpha value is -2.46. The Labute approximate surface area is 156 Å². The van der Waals surface area contributed by atoms with Gasteiger partial charge < -0.3 is 19.8 Å². The predicted octanol–water partition coefficient (Wildman–Crippen LogP) is 1.40. The number of nitrogens with one attached hydrogen (secondary N) is 2. The van der Waals surface area contributed by atoms with E-state index in [1.165, 1.54) is 11.8 Å². The smallest absolute Gasteiger partial charge is 0.414 e. The SMILES string of the molecule is CCN(CCONC)c1c(F)cc(N2C[C@H](CNC(C)=O)OC2=O)cc1F. The molecule has 1 atom stereocenters. The van der Waals surface area contributed by atoms with Gasteiger partial charge >= 0.3 is 6.09 Å². The van der Waals surface area contributed by atoms with E-state index in [0.29, 0.717) is 6.54 Å². The minimum Gasteiger partial charge on any atom is -0.442 e. The number of hydrogen-bond acceptors (Lipinski definition) is 6. The molecule has 1 aliphatic heterocycles. The van der Waals surface area contributed by atoms with E-state index in [1.54, 1.807) is 14.0 Å². The summed E-state index contributed by atoms with van der Waals surface area (Å²) >= 11 is 0. The van der Waals surface area contributed by atoms with Crippen molar-refractivity contribution >= 4 is 23.4 Å². The predicted molar refractivity (Wildman–Crippen MR) is 95.6 cm³/mol. The van der Waals surface area contributed by atoms with Crippen LogP contribution in [0.2, 0.25) is 0 Å². The number of rotatable bonds is 9. The van der Waals surface area contributed by atoms with Crippen molar-refractivity contribution in [2.24, 2.45) is 0 Å². The first-order chi connectivity index (χ1) is 12.9. The molecule has 2 amide bonds. The van der Waals surface area contributed by atoms with Crippen molar-refractivity contribution in [3.63, 3.8) is 0 Å². The van der Waals surface area contributed by atoms with Gasteiger partial charge in [0.25, 0.3) is 0 Å². The van der Waals surface area contributed by atoms with Crippen LogP contribution in [0.3, 0.4) is 0 Å². The highest BCUT2D eigenvalue weighted by atomic mass is 19.1. The largest absolute Gasteiger partial charge is 0.442 e. The quantitative estimate of drug-likeness (QED) is 0.493. The highest BCUT2D eigenvalue weighted by Gasteiger charge is 2.33. The van der Waals surface area contributed by atoms with Gasteiger partial charge in [-0.2, -0.15) is 0 Å². The molecule has 150 valence electrons. The van der Waals surface area contributed by atoms with Crippen LogP contribution in [0.15, 0.2) is 12.1 Å². The van der Waals surface area contributed by atoms with E-state index >= 15 is 0 Å². The first kappa shape index (κ1) is 20.8. The number of halogens is 2. The number of carbonyl (C=O) groups excluding carboxylic acids is 2. The maximum absolute atomic E-state index is 14.6. The van der Waals surface area contributed by atoms with Gasteiger partial charge in [-0.05, 0) is 6.92 Å². The molecule has 1 aromatic carbocycles. The van der Waals surface area contributed by atoms with Crippen LogP contribution < -0.4 is 20.6 Å². The minimum atomic E-state index is -0.783. The number of ether oxygens (including phenoxy) is 1. The van der Waals surface area contributed by atoms with E-state index in [9.17, 15) is 18.4 Å². The fourth-order valence-corrected chi connectivity index (χ4v) is 2.79. The lowest BCUT2D eigenvalue weighted by Gasteiger charge is -2.25. The van der Waals surface area contributed by atoms with Gasteiger partial charge in [-0.25, -0.2) is 19.1 Å². The number of amides is 2. The Morgan fingerprint density at radius 3 is 2.63 bits per heavy atom. The van der Waals surface area contributed by atoms with Crippen molar-refractivity contribution in [1.29, 1.82) is 0 Å². The van der Waals surface area contributed by atoms with Crippen LogP contribution in [0.1, 0.15) is 13.8 Å². The summed E-state index contributed by atoms with van der Waals surface area (Å²) in [5, 5.41) is 2.54. The van der Waals surface area contributed by atoms with E-state index in [0.717, 1.165) is 17.0 Å². The van der Waals surface area contributed by atoms with Crippen LogP contribution in [-0.2, 0) is 14.4 Å². The number of benzene rings is 1. The summed E-state index contributed by atoms with van der Waals surface area (Å²) in [6, 6.07) is 2.20. The van der Waals surface area contributed by atoms with E-state index in [2.05, 4.69) is 10.8 Å². The fraction of sp³-hybridized carbons (Fsp3) is 0.529. The molecule has 0 bridgehead atoms. The van der Waals surface area contributed by atoms with Gasteiger partial charge in [0.15, 0.2) is 11.6 Å². The third-order valence-corrected chi connectivity index (χ3v) is 4.07. The van der Waals surface area contributed by atoms with E-state index in [1.807, 2.05) is 0 Å². The lowest BCUT2D eigenvalue weighted by molar-refractivity contribution is -0.119. The van der Waals surface area contributed by atoms with Gasteiger partial charge in [0, 0.05) is 39.2 Å². The maximum Gasteiger partial charge on any atom is 0.414 e. The van der Waals surface area contributed by atoms with Crippen molar-refractivity contribution in [2.75, 3.05) is 49.6 Å². The number of anilines is 2. The highest BCUT2D eigenvalue weighted by Crippen LogP contribution is 2.30. The molecule has 8 nitrogen and oxygen atoms in total. The molecular formula is C17H24F2N4O4. The van der Waals surface area contributed by atoms with Crippen molar-refractivity contribution in [3.8, 4) is 0 Å². The average molecular weight is 386 g/mol. The first-order valence-electron chi connectivity index (χ1n) is 8.62. The van der Waals surface area contributed by atoms with E-state index < -0.39 is 23.8 Å². The number of nitrogens with zero attached hydrogens (tertiary/aromatic N) is 2. The summed E-state index contributed by atoms with van der Waals surface area (Å²) in [5.74, 6) is -1.82. The normalized spacial score (nSPS) is 16.4. The molecular weight excluding hydrogens is 362 g/mol. The molecule has 1 aliphatic rings. The number of likely N-dealkylation sites (N-methyl/N-ethyl adjacent to an activating group) is 1. The second kappa shape index (κ2) is 9.47. The second-order valence-electron chi connectivity index (χ2n) is 5.94.